The zero-order valence-electron chi connectivity index (χ0n) is 10.8. The summed E-state index contributed by atoms with van der Waals surface area (Å²) in [4.78, 5) is 15.8. The van der Waals surface area contributed by atoms with Crippen LogP contribution in [-0.2, 0) is 4.79 Å². The van der Waals surface area contributed by atoms with Gasteiger partial charge in [0, 0.05) is 26.2 Å². The van der Waals surface area contributed by atoms with Crippen molar-refractivity contribution in [1.29, 1.82) is 0 Å². The molecule has 1 saturated heterocycles. The predicted octanol–water partition coefficient (Wildman–Crippen LogP) is 1.40. The smallest absolute Gasteiger partial charge is 0.260 e. The summed E-state index contributed by atoms with van der Waals surface area (Å²) in [5.41, 5.74) is 0. The fraction of sp³-hybridized carbons (Fsp3) is 0.462. The molecule has 0 unspecified atom stereocenters. The topological polar surface area (TPSA) is 32.8 Å². The molecule has 106 valence electrons. The van der Waals surface area contributed by atoms with Gasteiger partial charge in [0.05, 0.1) is 0 Å². The highest BCUT2D eigenvalue weighted by Crippen LogP contribution is 2.11. The average Bonchev–Trinajstić information content (AvgIpc) is 2.38. The molecule has 6 heteroatoms. The summed E-state index contributed by atoms with van der Waals surface area (Å²) in [5.74, 6) is 0.180. The summed E-state index contributed by atoms with van der Waals surface area (Å²) in [6.45, 7) is 3.27. The number of nitrogens with zero attached hydrogens (tertiary/aromatic N) is 2. The molecule has 1 aromatic rings. The minimum absolute atomic E-state index is 0. The van der Waals surface area contributed by atoms with Gasteiger partial charge >= 0.3 is 0 Å². The first-order valence-corrected chi connectivity index (χ1v) is 6.00. The average molecular weight is 289 g/mol. The van der Waals surface area contributed by atoms with E-state index >= 15 is 0 Å². The van der Waals surface area contributed by atoms with Crippen molar-refractivity contribution >= 4 is 18.3 Å². The number of carbonyl (C=O) groups is 1. The van der Waals surface area contributed by atoms with Gasteiger partial charge in [-0.05, 0) is 31.3 Å². The first-order valence-electron chi connectivity index (χ1n) is 6.00. The van der Waals surface area contributed by atoms with Crippen LogP contribution in [0.15, 0.2) is 24.3 Å². The quantitative estimate of drug-likeness (QED) is 0.843. The summed E-state index contributed by atoms with van der Waals surface area (Å²) in [7, 11) is 2.04. The summed E-state index contributed by atoms with van der Waals surface area (Å²) >= 11 is 0. The lowest BCUT2D eigenvalue weighted by atomic mass is 10.3. The zero-order valence-corrected chi connectivity index (χ0v) is 11.7. The van der Waals surface area contributed by atoms with Crippen molar-refractivity contribution in [3.05, 3.63) is 30.1 Å². The highest BCUT2D eigenvalue weighted by atomic mass is 35.5. The lowest BCUT2D eigenvalue weighted by Gasteiger charge is -2.32. The number of piperazine rings is 1. The monoisotopic (exact) mass is 288 g/mol. The molecule has 1 aliphatic rings. The Kier molecular flexibility index (Phi) is 6.05. The van der Waals surface area contributed by atoms with E-state index < -0.39 is 0 Å². The van der Waals surface area contributed by atoms with Gasteiger partial charge < -0.3 is 14.5 Å². The molecule has 2 rings (SSSR count). The van der Waals surface area contributed by atoms with Crippen LogP contribution in [0, 0.1) is 5.82 Å². The minimum Gasteiger partial charge on any atom is -0.484 e. The number of halogens is 2. The van der Waals surface area contributed by atoms with Crippen LogP contribution in [0.5, 0.6) is 5.75 Å². The molecule has 0 N–H and O–H groups in total. The van der Waals surface area contributed by atoms with Gasteiger partial charge in [-0.3, -0.25) is 4.79 Å². The molecule has 1 heterocycles. The third-order valence-corrected chi connectivity index (χ3v) is 3.03. The van der Waals surface area contributed by atoms with Crippen LogP contribution in [0.4, 0.5) is 4.39 Å². The van der Waals surface area contributed by atoms with Gasteiger partial charge in [-0.2, -0.15) is 0 Å². The van der Waals surface area contributed by atoms with Crippen LogP contribution >= 0.6 is 12.4 Å². The fourth-order valence-electron chi connectivity index (χ4n) is 1.82. The standard InChI is InChI=1S/C13H17FN2O2.ClH/c1-15-6-8-16(9-7-15)13(17)10-18-12-4-2-11(14)3-5-12;/h2-5H,6-10H2,1H3;1H. The van der Waals surface area contributed by atoms with Crippen molar-refractivity contribution in [3.8, 4) is 5.75 Å². The largest absolute Gasteiger partial charge is 0.484 e. The molecule has 4 nitrogen and oxygen atoms in total. The minimum atomic E-state index is -0.312. The van der Waals surface area contributed by atoms with Crippen LogP contribution in [0.25, 0.3) is 0 Å². The normalized spacial score (nSPS) is 15.8. The Morgan fingerprint density at radius 2 is 1.79 bits per heavy atom. The van der Waals surface area contributed by atoms with E-state index in [9.17, 15) is 9.18 Å². The Hall–Kier alpha value is -1.33. The SMILES string of the molecule is CN1CCN(C(=O)COc2ccc(F)cc2)CC1.Cl. The number of benzene rings is 1. The van der Waals surface area contributed by atoms with Crippen LogP contribution in [0.1, 0.15) is 0 Å². The van der Waals surface area contributed by atoms with Gasteiger partial charge in [-0.15, -0.1) is 12.4 Å². The molecule has 19 heavy (non-hydrogen) atoms. The number of likely N-dealkylation sites (N-methyl/N-ethyl adjacent to an activating group) is 1. The van der Waals surface area contributed by atoms with Crippen molar-refractivity contribution in [1.82, 2.24) is 9.80 Å². The van der Waals surface area contributed by atoms with E-state index in [1.807, 2.05) is 7.05 Å². The van der Waals surface area contributed by atoms with Crippen molar-refractivity contribution in [3.63, 3.8) is 0 Å². The number of ether oxygens (including phenoxy) is 1. The molecule has 1 amide bonds. The number of amides is 1. The maximum atomic E-state index is 12.7. The highest BCUT2D eigenvalue weighted by molar-refractivity contribution is 5.85. The molecule has 1 aromatic carbocycles. The van der Waals surface area contributed by atoms with Gasteiger partial charge in [0.2, 0.25) is 0 Å². The van der Waals surface area contributed by atoms with E-state index in [-0.39, 0.29) is 30.7 Å². The Morgan fingerprint density at radius 1 is 1.21 bits per heavy atom. The molecule has 0 spiro atoms. The Labute approximate surface area is 118 Å². The van der Waals surface area contributed by atoms with Crippen LogP contribution in [0.2, 0.25) is 0 Å². The Bertz CT molecular complexity index is 406. The molecule has 0 bridgehead atoms. The van der Waals surface area contributed by atoms with E-state index in [0.29, 0.717) is 5.75 Å². The van der Waals surface area contributed by atoms with Crippen molar-refractivity contribution in [2.24, 2.45) is 0 Å². The number of carbonyl (C=O) groups excluding carboxylic acids is 1. The van der Waals surface area contributed by atoms with Crippen molar-refractivity contribution in [2.45, 2.75) is 0 Å². The second-order valence-electron chi connectivity index (χ2n) is 4.43. The lowest BCUT2D eigenvalue weighted by molar-refractivity contribution is -0.134. The van der Waals surface area contributed by atoms with E-state index in [1.165, 1.54) is 24.3 Å². The summed E-state index contributed by atoms with van der Waals surface area (Å²) in [6, 6.07) is 5.67. The van der Waals surface area contributed by atoms with Crippen molar-refractivity contribution < 1.29 is 13.9 Å². The molecule has 0 radical (unpaired) electrons. The van der Waals surface area contributed by atoms with Crippen molar-refractivity contribution in [2.75, 3.05) is 39.8 Å². The first kappa shape index (κ1) is 15.7. The number of hydrogen-bond acceptors (Lipinski definition) is 3. The van der Waals surface area contributed by atoms with E-state index in [4.69, 9.17) is 4.74 Å². The third kappa shape index (κ3) is 4.69. The van der Waals surface area contributed by atoms with Crippen LogP contribution in [0.3, 0.4) is 0 Å². The molecular weight excluding hydrogens is 271 g/mol. The van der Waals surface area contributed by atoms with Gasteiger partial charge in [-0.1, -0.05) is 0 Å². The second-order valence-corrected chi connectivity index (χ2v) is 4.43. The summed E-state index contributed by atoms with van der Waals surface area (Å²) in [5, 5.41) is 0. The second kappa shape index (κ2) is 7.31. The van der Waals surface area contributed by atoms with Gasteiger partial charge in [-0.25, -0.2) is 4.39 Å². The van der Waals surface area contributed by atoms with E-state index in [2.05, 4.69) is 4.90 Å². The predicted molar refractivity (Wildman–Crippen MR) is 73.2 cm³/mol. The number of rotatable bonds is 3. The first-order chi connectivity index (χ1) is 8.65. The molecule has 0 atom stereocenters. The summed E-state index contributed by atoms with van der Waals surface area (Å²) in [6.07, 6.45) is 0. The molecule has 0 saturated carbocycles. The molecule has 1 fully saturated rings. The molecule has 1 aliphatic heterocycles. The van der Waals surface area contributed by atoms with Gasteiger partial charge in [0.1, 0.15) is 11.6 Å². The zero-order chi connectivity index (χ0) is 13.0. The maximum absolute atomic E-state index is 12.7. The number of hydrogen-bond donors (Lipinski definition) is 0. The summed E-state index contributed by atoms with van der Waals surface area (Å²) < 4.78 is 18.0. The van der Waals surface area contributed by atoms with E-state index in [0.717, 1.165) is 26.2 Å². The highest BCUT2D eigenvalue weighted by Gasteiger charge is 2.19. The molecule has 0 aliphatic carbocycles. The maximum Gasteiger partial charge on any atom is 0.260 e. The van der Waals surface area contributed by atoms with Crippen LogP contribution in [-0.4, -0.2) is 55.5 Å². The van der Waals surface area contributed by atoms with Crippen LogP contribution < -0.4 is 4.74 Å². The lowest BCUT2D eigenvalue weighted by Crippen LogP contribution is -2.48. The molecule has 0 aromatic heterocycles. The van der Waals surface area contributed by atoms with E-state index in [1.54, 1.807) is 4.90 Å². The third-order valence-electron chi connectivity index (χ3n) is 3.03. The van der Waals surface area contributed by atoms with Gasteiger partial charge in [0.25, 0.3) is 5.91 Å². The Morgan fingerprint density at radius 3 is 2.37 bits per heavy atom. The van der Waals surface area contributed by atoms with Gasteiger partial charge in [0.15, 0.2) is 6.61 Å². The fourth-order valence-corrected chi connectivity index (χ4v) is 1.82. The molecular formula is C13H18ClFN2O2. The Balaban J connectivity index is 0.00000180.